The average Bonchev–Trinajstić information content (AvgIpc) is 2.92. The number of hydrazone groups is 2. The fraction of sp³-hybridized carbons (Fsp3) is 0.810. The fourth-order valence-corrected chi connectivity index (χ4v) is 7.39. The molecule has 0 aromatic carbocycles. The Bertz CT molecular complexity index is 698. The molecule has 0 radical (unpaired) electrons. The maximum atomic E-state index is 11.5. The normalized spacial score (nSPS) is 50.0. The van der Waals surface area contributed by atoms with Crippen molar-refractivity contribution in [1.82, 2.24) is 0 Å². The van der Waals surface area contributed by atoms with E-state index in [0.717, 1.165) is 44.2 Å². The van der Waals surface area contributed by atoms with E-state index in [2.05, 4.69) is 30.1 Å². The minimum absolute atomic E-state index is 0.1000. The van der Waals surface area contributed by atoms with Gasteiger partial charge in [0.1, 0.15) is 5.60 Å². The molecular formula is C21H34N4O. The average molecular weight is 359 g/mol. The molecule has 0 spiro atoms. The number of hydrogen-bond donors (Lipinski definition) is 3. The number of hydrogen-bond acceptors (Lipinski definition) is 5. The molecule has 0 unspecified atom stereocenters. The molecule has 5 N–H and O–H groups in total. The molecule has 0 heterocycles. The third kappa shape index (κ3) is 2.12. The molecule has 3 saturated carbocycles. The van der Waals surface area contributed by atoms with Crippen molar-refractivity contribution in [2.45, 2.75) is 77.7 Å². The highest BCUT2D eigenvalue weighted by Crippen LogP contribution is 2.67. The highest BCUT2D eigenvalue weighted by atomic mass is 16.3. The largest absolute Gasteiger partial charge is 0.383 e. The van der Waals surface area contributed by atoms with Gasteiger partial charge >= 0.3 is 0 Å². The molecule has 0 saturated heterocycles. The van der Waals surface area contributed by atoms with Crippen molar-refractivity contribution in [2.24, 2.45) is 50.5 Å². The SMILES string of the molecule is C/C(=N/N)[C@@]1(O)CC[C@H]2[C@@H]3CCC4=C/C(=N/N)CC[C@@]4(C)[C@@H]3CC[C@@]21C. The Morgan fingerprint density at radius 2 is 1.81 bits per heavy atom. The molecule has 0 amide bonds. The highest BCUT2D eigenvalue weighted by molar-refractivity contribution is 5.96. The van der Waals surface area contributed by atoms with Crippen LogP contribution in [0, 0.1) is 28.6 Å². The van der Waals surface area contributed by atoms with Gasteiger partial charge in [-0.25, -0.2) is 0 Å². The Balaban J connectivity index is 1.68. The summed E-state index contributed by atoms with van der Waals surface area (Å²) in [6, 6.07) is 0. The Labute approximate surface area is 157 Å². The number of fused-ring (bicyclic) bond motifs is 5. The maximum absolute atomic E-state index is 11.5. The van der Waals surface area contributed by atoms with Gasteiger partial charge < -0.3 is 16.8 Å². The lowest BCUT2D eigenvalue weighted by Gasteiger charge is -2.59. The van der Waals surface area contributed by atoms with Crippen molar-refractivity contribution < 1.29 is 5.11 Å². The zero-order chi connectivity index (χ0) is 18.7. The minimum atomic E-state index is -0.833. The van der Waals surface area contributed by atoms with Crippen LogP contribution in [0.5, 0.6) is 0 Å². The molecule has 4 rings (SSSR count). The van der Waals surface area contributed by atoms with Crippen LogP contribution < -0.4 is 11.7 Å². The molecule has 0 aromatic heterocycles. The molecule has 0 aromatic rings. The van der Waals surface area contributed by atoms with Gasteiger partial charge in [0.15, 0.2) is 0 Å². The smallest absolute Gasteiger partial charge is 0.110 e. The van der Waals surface area contributed by atoms with Gasteiger partial charge in [-0.15, -0.1) is 0 Å². The number of nitrogens with zero attached hydrogens (tertiary/aromatic N) is 2. The van der Waals surface area contributed by atoms with Gasteiger partial charge in [0, 0.05) is 5.41 Å². The fourth-order valence-electron chi connectivity index (χ4n) is 7.39. The van der Waals surface area contributed by atoms with E-state index in [1.54, 1.807) is 5.57 Å². The van der Waals surface area contributed by atoms with Gasteiger partial charge in [0.2, 0.25) is 0 Å². The molecule has 0 bridgehead atoms. The number of aliphatic hydroxyl groups is 1. The van der Waals surface area contributed by atoms with Crippen LogP contribution in [0.2, 0.25) is 0 Å². The first-order valence-corrected chi connectivity index (χ1v) is 10.3. The second kappa shape index (κ2) is 5.82. The Morgan fingerprint density at radius 1 is 1.08 bits per heavy atom. The molecule has 5 nitrogen and oxygen atoms in total. The van der Waals surface area contributed by atoms with Crippen LogP contribution in [-0.4, -0.2) is 22.1 Å². The first-order chi connectivity index (χ1) is 12.3. The second-order valence-electron chi connectivity index (χ2n) is 9.69. The summed E-state index contributed by atoms with van der Waals surface area (Å²) in [6.07, 6.45) is 10.9. The van der Waals surface area contributed by atoms with Crippen LogP contribution in [0.25, 0.3) is 0 Å². The van der Waals surface area contributed by atoms with Crippen LogP contribution >= 0.6 is 0 Å². The van der Waals surface area contributed by atoms with Gasteiger partial charge in [0.05, 0.1) is 11.4 Å². The Hall–Kier alpha value is -1.36. The van der Waals surface area contributed by atoms with E-state index in [-0.39, 0.29) is 10.8 Å². The zero-order valence-electron chi connectivity index (χ0n) is 16.5. The Kier molecular flexibility index (Phi) is 4.03. The predicted molar refractivity (Wildman–Crippen MR) is 106 cm³/mol. The van der Waals surface area contributed by atoms with Crippen LogP contribution in [-0.2, 0) is 0 Å². The standard InChI is InChI=1S/C21H34N4O/c1-13(24-22)21(26)11-8-18-16-5-4-14-12-15(25-23)6-9-19(14,2)17(16)7-10-20(18,21)3/h12,16-18,26H,4-11,22-23H2,1-3H3/b24-13-,25-15+/t16-,17-,18+,19-,20+,21+/m1/s1. The van der Waals surface area contributed by atoms with Crippen molar-refractivity contribution in [1.29, 1.82) is 0 Å². The van der Waals surface area contributed by atoms with E-state index >= 15 is 0 Å². The second-order valence-corrected chi connectivity index (χ2v) is 9.69. The summed E-state index contributed by atoms with van der Waals surface area (Å²) in [7, 11) is 0. The summed E-state index contributed by atoms with van der Waals surface area (Å²) in [5, 5.41) is 19.4. The third-order valence-electron chi connectivity index (χ3n) is 9.09. The quantitative estimate of drug-likeness (QED) is 0.381. The maximum Gasteiger partial charge on any atom is 0.110 e. The summed E-state index contributed by atoms with van der Waals surface area (Å²) < 4.78 is 0. The van der Waals surface area contributed by atoms with Crippen molar-refractivity contribution in [3.8, 4) is 0 Å². The van der Waals surface area contributed by atoms with Gasteiger partial charge in [-0.05, 0) is 87.5 Å². The first kappa shape index (κ1) is 18.0. The van der Waals surface area contributed by atoms with Crippen molar-refractivity contribution in [2.75, 3.05) is 0 Å². The predicted octanol–water partition coefficient (Wildman–Crippen LogP) is 3.33. The molecule has 0 aliphatic heterocycles. The van der Waals surface area contributed by atoms with E-state index in [1.807, 2.05) is 6.92 Å². The molecule has 144 valence electrons. The van der Waals surface area contributed by atoms with Crippen molar-refractivity contribution in [3.05, 3.63) is 11.6 Å². The molecule has 4 aliphatic rings. The third-order valence-corrected chi connectivity index (χ3v) is 9.09. The van der Waals surface area contributed by atoms with Crippen molar-refractivity contribution in [3.63, 3.8) is 0 Å². The molecule has 26 heavy (non-hydrogen) atoms. The molecule has 6 atom stereocenters. The summed E-state index contributed by atoms with van der Waals surface area (Å²) in [6.45, 7) is 6.67. The number of allylic oxidation sites excluding steroid dienone is 2. The molecule has 3 fully saturated rings. The lowest BCUT2D eigenvalue weighted by Crippen LogP contribution is -2.57. The summed E-state index contributed by atoms with van der Waals surface area (Å²) in [5.74, 6) is 13.1. The van der Waals surface area contributed by atoms with Crippen LogP contribution in [0.4, 0.5) is 0 Å². The number of rotatable bonds is 1. The molecule has 5 heteroatoms. The van der Waals surface area contributed by atoms with Gasteiger partial charge in [0.25, 0.3) is 0 Å². The van der Waals surface area contributed by atoms with Gasteiger partial charge in [-0.3, -0.25) is 0 Å². The van der Waals surface area contributed by atoms with Crippen molar-refractivity contribution >= 4 is 11.4 Å². The highest BCUT2D eigenvalue weighted by Gasteiger charge is 2.64. The van der Waals surface area contributed by atoms with E-state index in [4.69, 9.17) is 11.7 Å². The lowest BCUT2D eigenvalue weighted by atomic mass is 9.46. The van der Waals surface area contributed by atoms with E-state index in [9.17, 15) is 5.11 Å². The summed E-state index contributed by atoms with van der Waals surface area (Å²) in [5.41, 5.74) is 2.67. The van der Waals surface area contributed by atoms with Crippen LogP contribution in [0.1, 0.15) is 72.1 Å². The van der Waals surface area contributed by atoms with Gasteiger partial charge in [-0.2, -0.15) is 10.2 Å². The lowest BCUT2D eigenvalue weighted by molar-refractivity contribution is -0.0945. The zero-order valence-corrected chi connectivity index (χ0v) is 16.5. The Morgan fingerprint density at radius 3 is 2.50 bits per heavy atom. The van der Waals surface area contributed by atoms with Crippen LogP contribution in [0.3, 0.4) is 0 Å². The first-order valence-electron chi connectivity index (χ1n) is 10.3. The van der Waals surface area contributed by atoms with E-state index < -0.39 is 5.60 Å². The minimum Gasteiger partial charge on any atom is -0.383 e. The monoisotopic (exact) mass is 358 g/mol. The van der Waals surface area contributed by atoms with Gasteiger partial charge in [-0.1, -0.05) is 19.4 Å². The summed E-state index contributed by atoms with van der Waals surface area (Å²) >= 11 is 0. The topological polar surface area (TPSA) is 97.0 Å². The molecular weight excluding hydrogens is 324 g/mol. The molecule has 4 aliphatic carbocycles. The van der Waals surface area contributed by atoms with E-state index in [0.29, 0.717) is 23.5 Å². The number of nitrogens with two attached hydrogens (primary N) is 2. The van der Waals surface area contributed by atoms with E-state index in [1.165, 1.54) is 12.8 Å². The van der Waals surface area contributed by atoms with Crippen LogP contribution in [0.15, 0.2) is 21.9 Å². The summed E-state index contributed by atoms with van der Waals surface area (Å²) in [4.78, 5) is 0.